The van der Waals surface area contributed by atoms with Crippen LogP contribution in [0.4, 0.5) is 4.79 Å². The third-order valence-corrected chi connectivity index (χ3v) is 11.5. The summed E-state index contributed by atoms with van der Waals surface area (Å²) in [5.74, 6) is -3.85. The van der Waals surface area contributed by atoms with Crippen molar-refractivity contribution < 1.29 is 52.5 Å². The Morgan fingerprint density at radius 2 is 1.59 bits per heavy atom. The first-order chi connectivity index (χ1) is 31.4. The predicted molar refractivity (Wildman–Crippen MR) is 251 cm³/mol. The molecule has 1 aliphatic rings. The fourth-order valence-electron chi connectivity index (χ4n) is 8.04. The van der Waals surface area contributed by atoms with Crippen molar-refractivity contribution in [3.05, 3.63) is 82.4 Å². The molecule has 14 nitrogen and oxygen atoms in total. The Labute approximate surface area is 389 Å². The van der Waals surface area contributed by atoms with Crippen LogP contribution < -0.4 is 20.1 Å². The standard InChI is InChI=1S/C52H69N3O11/c1-10-12-13-14-15-35-16-19-39(33(3)27-35)43(57)32-38(22-24-56)49(60)55(8)47-37-18-21-46(64-25-11-2)41(31-37)40-29-36(17-20-45(40)65-26-23-53-51(62)66-52(5,6)7)30-42(50(61)63-9)54-48(59)34(4)28-44(47)58/h16-21,24,27,29,31,34,38,42,47H,10-15,22-23,25-26,28,30,32H2,1-9H3,(H,53,62)(H,54,59)/t34-,38-,42+,47+/m1/s1. The monoisotopic (exact) mass is 911 g/mol. The number of hydrogen-bond acceptors (Lipinski definition) is 11. The van der Waals surface area contributed by atoms with Gasteiger partial charge in [0.15, 0.2) is 11.6 Å². The first kappa shape index (κ1) is 52.6. The van der Waals surface area contributed by atoms with Crippen molar-refractivity contribution in [3.8, 4) is 22.6 Å². The minimum absolute atomic E-state index is 0.0348. The topological polar surface area (TPSA) is 184 Å². The van der Waals surface area contributed by atoms with Crippen LogP contribution in [0.3, 0.4) is 0 Å². The number of benzene rings is 3. The molecule has 3 aromatic carbocycles. The van der Waals surface area contributed by atoms with E-state index in [0.29, 0.717) is 58.6 Å². The van der Waals surface area contributed by atoms with E-state index in [-0.39, 0.29) is 44.6 Å². The molecule has 4 atom stereocenters. The van der Waals surface area contributed by atoms with Gasteiger partial charge in [-0.3, -0.25) is 19.2 Å². The molecule has 1 aliphatic heterocycles. The highest BCUT2D eigenvalue weighted by molar-refractivity contribution is 6.01. The van der Waals surface area contributed by atoms with Gasteiger partial charge in [-0.2, -0.15) is 0 Å². The molecule has 0 unspecified atom stereocenters. The summed E-state index contributed by atoms with van der Waals surface area (Å²) in [5.41, 5.74) is 3.71. The minimum Gasteiger partial charge on any atom is -0.493 e. The van der Waals surface area contributed by atoms with Crippen LogP contribution in [-0.2, 0) is 46.3 Å². The van der Waals surface area contributed by atoms with E-state index >= 15 is 0 Å². The number of alkyl carbamates (subject to hydrolysis) is 1. The number of rotatable bonds is 20. The quantitative estimate of drug-likeness (QED) is 0.0482. The lowest BCUT2D eigenvalue weighted by atomic mass is 9.88. The van der Waals surface area contributed by atoms with Gasteiger partial charge in [0.25, 0.3) is 0 Å². The molecule has 0 aromatic heterocycles. The van der Waals surface area contributed by atoms with E-state index in [1.165, 1.54) is 19.1 Å². The summed E-state index contributed by atoms with van der Waals surface area (Å²) in [6.45, 7) is 13.3. The lowest BCUT2D eigenvalue weighted by Gasteiger charge is -2.32. The fraction of sp³-hybridized carbons (Fsp3) is 0.519. The Kier molecular flexibility index (Phi) is 19.9. The molecule has 0 aliphatic carbocycles. The number of fused-ring (bicyclic) bond motifs is 5. The van der Waals surface area contributed by atoms with Crippen molar-refractivity contribution in [3.63, 3.8) is 0 Å². The van der Waals surface area contributed by atoms with Gasteiger partial charge >= 0.3 is 12.1 Å². The van der Waals surface area contributed by atoms with Gasteiger partial charge < -0.3 is 39.3 Å². The molecule has 0 saturated carbocycles. The Bertz CT molecular complexity index is 2200. The van der Waals surface area contributed by atoms with Gasteiger partial charge in [-0.05, 0) is 93.5 Å². The molecule has 0 saturated heterocycles. The molecule has 0 spiro atoms. The van der Waals surface area contributed by atoms with E-state index in [0.717, 1.165) is 43.2 Å². The number of aryl methyl sites for hydroxylation is 2. The summed E-state index contributed by atoms with van der Waals surface area (Å²) in [6.07, 6.45) is 5.23. The molecule has 3 amide bonds. The summed E-state index contributed by atoms with van der Waals surface area (Å²) in [4.78, 5) is 95.9. The van der Waals surface area contributed by atoms with Crippen molar-refractivity contribution in [1.29, 1.82) is 0 Å². The number of hydrogen-bond donors (Lipinski definition) is 2. The third-order valence-electron chi connectivity index (χ3n) is 11.5. The van der Waals surface area contributed by atoms with E-state index in [1.54, 1.807) is 70.2 Å². The van der Waals surface area contributed by atoms with Crippen LogP contribution >= 0.6 is 0 Å². The van der Waals surface area contributed by atoms with Crippen molar-refractivity contribution >= 4 is 41.7 Å². The zero-order valence-electron chi connectivity index (χ0n) is 40.2. The van der Waals surface area contributed by atoms with Gasteiger partial charge in [0.1, 0.15) is 42.1 Å². The number of aldehydes is 1. The molecule has 0 radical (unpaired) electrons. The summed E-state index contributed by atoms with van der Waals surface area (Å²) in [6, 6.07) is 13.7. The number of methoxy groups -OCH3 is 1. The number of nitrogens with zero attached hydrogens (tertiary/aromatic N) is 1. The number of nitrogens with one attached hydrogen (secondary N) is 2. The predicted octanol–water partition coefficient (Wildman–Crippen LogP) is 8.26. The lowest BCUT2D eigenvalue weighted by molar-refractivity contribution is -0.146. The molecular formula is C52H69N3O11. The minimum atomic E-state index is -1.28. The Morgan fingerprint density at radius 1 is 0.894 bits per heavy atom. The van der Waals surface area contributed by atoms with Crippen LogP contribution in [0, 0.1) is 18.8 Å². The van der Waals surface area contributed by atoms with Crippen molar-refractivity contribution in [1.82, 2.24) is 15.5 Å². The average molecular weight is 912 g/mol. The lowest BCUT2D eigenvalue weighted by Crippen LogP contribution is -2.46. The van der Waals surface area contributed by atoms with Crippen LogP contribution in [0.15, 0.2) is 54.6 Å². The smallest absolute Gasteiger partial charge is 0.407 e. The van der Waals surface area contributed by atoms with Gasteiger partial charge in [0.05, 0.1) is 26.2 Å². The highest BCUT2D eigenvalue weighted by Crippen LogP contribution is 2.41. The highest BCUT2D eigenvalue weighted by atomic mass is 16.6. The van der Waals surface area contributed by atoms with Gasteiger partial charge in [0.2, 0.25) is 11.8 Å². The van der Waals surface area contributed by atoms with E-state index in [9.17, 15) is 33.6 Å². The Hall–Kier alpha value is -6.05. The second kappa shape index (κ2) is 25.0. The second-order valence-electron chi connectivity index (χ2n) is 18.1. The SMILES string of the molecule is CCCCCCc1ccc(C(=O)C[C@@H](CC=O)C(=O)N(C)[C@@H]2C(=O)C[C@@H](C)C(=O)N[C@H](C(=O)OC)Cc3ccc(OCCNC(=O)OC(C)(C)C)c(c3)-c3cc2ccc3OCCC)c(C)c1. The zero-order valence-corrected chi connectivity index (χ0v) is 40.2. The maximum atomic E-state index is 14.7. The van der Waals surface area contributed by atoms with E-state index in [1.807, 2.05) is 26.0 Å². The number of unbranched alkanes of at least 4 members (excludes halogenated alkanes) is 3. The van der Waals surface area contributed by atoms with Crippen LogP contribution in [0.2, 0.25) is 0 Å². The molecule has 3 aromatic rings. The summed E-state index contributed by atoms with van der Waals surface area (Å²) in [7, 11) is 2.68. The van der Waals surface area contributed by atoms with Crippen LogP contribution in [0.25, 0.3) is 11.1 Å². The normalized spacial score (nSPS) is 16.8. The number of ketones is 2. The van der Waals surface area contributed by atoms with Crippen LogP contribution in [0.5, 0.6) is 11.5 Å². The van der Waals surface area contributed by atoms with E-state index in [2.05, 4.69) is 17.6 Å². The van der Waals surface area contributed by atoms with Crippen molar-refractivity contribution in [2.75, 3.05) is 33.9 Å². The average Bonchev–Trinajstić information content (AvgIpc) is 3.27. The number of likely N-dealkylation sites (N-methyl/N-ethyl adjacent to an activating group) is 1. The maximum absolute atomic E-state index is 14.7. The molecule has 4 bridgehead atoms. The fourth-order valence-corrected chi connectivity index (χ4v) is 8.04. The zero-order chi connectivity index (χ0) is 48.6. The molecule has 4 rings (SSSR count). The number of ether oxygens (including phenoxy) is 4. The van der Waals surface area contributed by atoms with Gasteiger partial charge in [-0.25, -0.2) is 9.59 Å². The number of esters is 1. The van der Waals surface area contributed by atoms with E-state index < -0.39 is 59.2 Å². The summed E-state index contributed by atoms with van der Waals surface area (Å²) in [5, 5.41) is 5.45. The Balaban J connectivity index is 1.80. The van der Waals surface area contributed by atoms with Crippen LogP contribution in [0.1, 0.15) is 132 Å². The van der Waals surface area contributed by atoms with Crippen molar-refractivity contribution in [2.45, 2.75) is 130 Å². The first-order valence-electron chi connectivity index (χ1n) is 23.1. The summed E-state index contributed by atoms with van der Waals surface area (Å²) < 4.78 is 23.0. The van der Waals surface area contributed by atoms with Crippen molar-refractivity contribution in [2.24, 2.45) is 11.8 Å². The van der Waals surface area contributed by atoms with Gasteiger partial charge in [-0.1, -0.05) is 70.4 Å². The number of amides is 3. The molecular weight excluding hydrogens is 843 g/mol. The third kappa shape index (κ3) is 15.0. The maximum Gasteiger partial charge on any atom is 0.407 e. The second-order valence-corrected chi connectivity index (χ2v) is 18.1. The number of carbonyl (C=O) groups excluding carboxylic acids is 7. The molecule has 0 fully saturated rings. The molecule has 358 valence electrons. The number of Topliss-reactive ketones (excluding diaryl/α,β-unsaturated/α-hetero) is 2. The summed E-state index contributed by atoms with van der Waals surface area (Å²) >= 11 is 0. The van der Waals surface area contributed by atoms with Gasteiger partial charge in [-0.15, -0.1) is 0 Å². The molecule has 66 heavy (non-hydrogen) atoms. The highest BCUT2D eigenvalue weighted by Gasteiger charge is 2.36. The molecule has 1 heterocycles. The molecule has 14 heteroatoms. The largest absolute Gasteiger partial charge is 0.493 e. The first-order valence-corrected chi connectivity index (χ1v) is 23.1. The number of carbonyl (C=O) groups is 7. The van der Waals surface area contributed by atoms with E-state index in [4.69, 9.17) is 18.9 Å². The Morgan fingerprint density at radius 3 is 2.24 bits per heavy atom. The van der Waals surface area contributed by atoms with Crippen LogP contribution in [-0.4, -0.2) is 92.2 Å². The molecule has 2 N–H and O–H groups in total. The van der Waals surface area contributed by atoms with Gasteiger partial charge in [0, 0.05) is 55.3 Å².